The second-order valence-corrected chi connectivity index (χ2v) is 3.39. The van der Waals surface area contributed by atoms with Crippen molar-refractivity contribution in [3.63, 3.8) is 0 Å². The van der Waals surface area contributed by atoms with E-state index >= 15 is 0 Å². The molecule has 17 heavy (non-hydrogen) atoms. The van der Waals surface area contributed by atoms with Gasteiger partial charge in [-0.25, -0.2) is 0 Å². The van der Waals surface area contributed by atoms with Gasteiger partial charge in [0.05, 0.1) is 18.2 Å². The number of pyridine rings is 1. The Balaban J connectivity index is 0.00000144. The van der Waals surface area contributed by atoms with E-state index in [0.29, 0.717) is 0 Å². The fourth-order valence-corrected chi connectivity index (χ4v) is 1.32. The summed E-state index contributed by atoms with van der Waals surface area (Å²) in [5.74, 6) is 0.137. The van der Waals surface area contributed by atoms with Crippen LogP contribution in [0.3, 0.4) is 0 Å². The molecule has 84 valence electrons. The maximum absolute atomic E-state index is 12.0. The predicted octanol–water partition coefficient (Wildman–Crippen LogP) is 0.00420. The summed E-state index contributed by atoms with van der Waals surface area (Å²) in [5, 5.41) is 0.759. The Hall–Kier alpha value is -0.0787. The minimum atomic E-state index is -4.93. The molecular weight excluding hydrogens is 257 g/mol. The number of ether oxygens (including phenoxy) is 1. The molecular formula is C10H8BF3KNO. The van der Waals surface area contributed by atoms with Gasteiger partial charge in [-0.05, 0) is 12.1 Å². The van der Waals surface area contributed by atoms with Crippen molar-refractivity contribution in [2.75, 3.05) is 6.51 Å². The summed E-state index contributed by atoms with van der Waals surface area (Å²) in [6, 6.07) is 8.71. The van der Waals surface area contributed by atoms with Gasteiger partial charge in [0.1, 0.15) is 5.75 Å². The second-order valence-electron chi connectivity index (χ2n) is 3.39. The molecule has 1 heterocycles. The predicted molar refractivity (Wildman–Crippen MR) is 56.3 cm³/mol. The summed E-state index contributed by atoms with van der Waals surface area (Å²) < 4.78 is 40.5. The van der Waals surface area contributed by atoms with Gasteiger partial charge in [0.25, 0.3) is 0 Å². The molecule has 2 rings (SSSR count). The van der Waals surface area contributed by atoms with E-state index in [1.54, 1.807) is 24.3 Å². The van der Waals surface area contributed by atoms with Crippen LogP contribution in [0.4, 0.5) is 12.9 Å². The molecule has 0 bridgehead atoms. The van der Waals surface area contributed by atoms with Crippen molar-refractivity contribution in [2.45, 2.75) is 0 Å². The van der Waals surface area contributed by atoms with Crippen LogP contribution in [0, 0.1) is 0 Å². The van der Waals surface area contributed by atoms with E-state index in [1.807, 2.05) is 6.07 Å². The van der Waals surface area contributed by atoms with Crippen LogP contribution in [0.25, 0.3) is 10.9 Å². The average Bonchev–Trinajstić information content (AvgIpc) is 2.25. The molecule has 1 aromatic heterocycles. The number of aromatic nitrogens is 1. The summed E-state index contributed by atoms with van der Waals surface area (Å²) in [5.41, 5.74) is 0.729. The minimum Gasteiger partial charge on any atom is -0.520 e. The van der Waals surface area contributed by atoms with Crippen molar-refractivity contribution < 1.29 is 69.1 Å². The van der Waals surface area contributed by atoms with E-state index in [2.05, 4.69) is 9.72 Å². The first kappa shape index (κ1) is 15.0. The molecule has 0 amide bonds. The number of nitrogens with zero attached hydrogens (tertiary/aromatic N) is 1. The maximum Gasteiger partial charge on any atom is 1.00 e. The summed E-state index contributed by atoms with van der Waals surface area (Å²) >= 11 is 0. The fraction of sp³-hybridized carbons (Fsp3) is 0.100. The molecule has 0 aliphatic heterocycles. The normalized spacial score (nSPS) is 11.0. The standard InChI is InChI=1S/C10H8BF3NO.K/c12-11(13,14)7-16-9-5-8-3-1-2-4-10(8)15-6-9;/h1-6H,7H2;/q-1;+1. The van der Waals surface area contributed by atoms with Gasteiger partial charge in [0, 0.05) is 5.39 Å². The minimum absolute atomic E-state index is 0. The van der Waals surface area contributed by atoms with Gasteiger partial charge < -0.3 is 17.7 Å². The van der Waals surface area contributed by atoms with Crippen molar-refractivity contribution in [3.05, 3.63) is 36.5 Å². The number of para-hydroxylation sites is 1. The van der Waals surface area contributed by atoms with Crippen molar-refractivity contribution in [3.8, 4) is 5.75 Å². The van der Waals surface area contributed by atoms with Crippen LogP contribution in [0.1, 0.15) is 0 Å². The van der Waals surface area contributed by atoms with Gasteiger partial charge in [0.2, 0.25) is 0 Å². The molecule has 0 radical (unpaired) electrons. The fourth-order valence-electron chi connectivity index (χ4n) is 1.32. The van der Waals surface area contributed by atoms with Crippen LogP contribution in [-0.4, -0.2) is 18.5 Å². The van der Waals surface area contributed by atoms with Gasteiger partial charge in [-0.2, -0.15) is 0 Å². The van der Waals surface area contributed by atoms with Crippen LogP contribution < -0.4 is 56.1 Å². The third kappa shape index (κ3) is 4.59. The number of fused-ring (bicyclic) bond motifs is 1. The van der Waals surface area contributed by atoms with Crippen LogP contribution in [0.2, 0.25) is 0 Å². The third-order valence-electron chi connectivity index (χ3n) is 2.00. The quantitative estimate of drug-likeness (QED) is 0.729. The zero-order chi connectivity index (χ0) is 11.6. The Kier molecular flexibility index (Phi) is 5.46. The Morgan fingerprint density at radius 3 is 2.59 bits per heavy atom. The Bertz CT molecular complexity index is 506. The molecule has 2 aromatic rings. The monoisotopic (exact) mass is 265 g/mol. The van der Waals surface area contributed by atoms with Crippen molar-refractivity contribution in [1.82, 2.24) is 4.98 Å². The number of hydrogen-bond acceptors (Lipinski definition) is 2. The van der Waals surface area contributed by atoms with Crippen LogP contribution in [0.15, 0.2) is 36.5 Å². The topological polar surface area (TPSA) is 22.1 Å². The van der Waals surface area contributed by atoms with Crippen molar-refractivity contribution in [1.29, 1.82) is 0 Å². The number of rotatable bonds is 3. The number of halogens is 3. The van der Waals surface area contributed by atoms with E-state index in [0.717, 1.165) is 10.9 Å². The molecule has 1 aromatic carbocycles. The molecule has 0 unspecified atom stereocenters. The second kappa shape index (κ2) is 6.19. The van der Waals surface area contributed by atoms with Crippen LogP contribution >= 0.6 is 0 Å². The van der Waals surface area contributed by atoms with Gasteiger partial charge in [-0.1, -0.05) is 18.2 Å². The van der Waals surface area contributed by atoms with Crippen LogP contribution in [-0.2, 0) is 0 Å². The SMILES string of the molecule is F[B-](F)(F)COc1cnc2ccccc2c1.[K+]. The number of benzene rings is 1. The molecule has 0 atom stereocenters. The van der Waals surface area contributed by atoms with Gasteiger partial charge in [-0.15, -0.1) is 0 Å². The smallest absolute Gasteiger partial charge is 0.520 e. The average molecular weight is 265 g/mol. The molecule has 0 N–H and O–H groups in total. The molecule has 0 aliphatic rings. The molecule has 0 saturated carbocycles. The molecule has 7 heteroatoms. The van der Waals surface area contributed by atoms with E-state index < -0.39 is 13.5 Å². The Morgan fingerprint density at radius 1 is 1.18 bits per heavy atom. The van der Waals surface area contributed by atoms with Gasteiger partial charge >= 0.3 is 58.4 Å². The molecule has 0 saturated heterocycles. The summed E-state index contributed by atoms with van der Waals surface area (Å²) in [6.45, 7) is -6.16. The zero-order valence-electron chi connectivity index (χ0n) is 9.24. The van der Waals surface area contributed by atoms with Crippen molar-refractivity contribution >= 4 is 17.9 Å². The largest absolute Gasteiger partial charge is 1.00 e. The maximum atomic E-state index is 12.0. The summed E-state index contributed by atoms with van der Waals surface area (Å²) in [4.78, 5) is 4.00. The first-order valence-electron chi connectivity index (χ1n) is 4.73. The van der Waals surface area contributed by atoms with Crippen LogP contribution in [0.5, 0.6) is 5.75 Å². The summed E-state index contributed by atoms with van der Waals surface area (Å²) in [7, 11) is 0. The third-order valence-corrected chi connectivity index (χ3v) is 2.00. The molecule has 0 fully saturated rings. The Morgan fingerprint density at radius 2 is 1.88 bits per heavy atom. The Labute approximate surface area is 139 Å². The van der Waals surface area contributed by atoms with E-state index in [1.165, 1.54) is 6.20 Å². The van der Waals surface area contributed by atoms with E-state index in [-0.39, 0.29) is 57.1 Å². The number of hydrogen-bond donors (Lipinski definition) is 0. The zero-order valence-corrected chi connectivity index (χ0v) is 12.4. The van der Waals surface area contributed by atoms with E-state index in [9.17, 15) is 12.9 Å². The summed E-state index contributed by atoms with van der Waals surface area (Å²) in [6.07, 6.45) is 1.30. The first-order chi connectivity index (χ1) is 7.54. The van der Waals surface area contributed by atoms with E-state index in [4.69, 9.17) is 0 Å². The van der Waals surface area contributed by atoms with Gasteiger partial charge in [-0.3, -0.25) is 4.98 Å². The molecule has 0 spiro atoms. The van der Waals surface area contributed by atoms with Crippen molar-refractivity contribution in [2.24, 2.45) is 0 Å². The first-order valence-corrected chi connectivity index (χ1v) is 4.73. The molecule has 0 aliphatic carbocycles. The van der Waals surface area contributed by atoms with Gasteiger partial charge in [0.15, 0.2) is 0 Å². The molecule has 2 nitrogen and oxygen atoms in total.